The largest absolute Gasteiger partial charge is 0.316 e. The maximum Gasteiger partial charge on any atom is 0.0755 e. The summed E-state index contributed by atoms with van der Waals surface area (Å²) in [6.07, 6.45) is 5.72. The van der Waals surface area contributed by atoms with Crippen molar-refractivity contribution in [2.24, 2.45) is 0 Å². The topological polar surface area (TPSA) is 24.9 Å². The lowest BCUT2D eigenvalue weighted by Gasteiger charge is -2.22. The third kappa shape index (κ3) is 2.92. The summed E-state index contributed by atoms with van der Waals surface area (Å²) in [4.78, 5) is 4.77. The van der Waals surface area contributed by atoms with Crippen LogP contribution < -0.4 is 5.32 Å². The number of piperidine rings is 1. The Labute approximate surface area is 160 Å². The second-order valence-corrected chi connectivity index (χ2v) is 7.95. The van der Waals surface area contributed by atoms with Crippen LogP contribution >= 0.6 is 39.1 Å². The summed E-state index contributed by atoms with van der Waals surface area (Å²) in [7, 11) is 0. The van der Waals surface area contributed by atoms with Gasteiger partial charge in [0.15, 0.2) is 0 Å². The van der Waals surface area contributed by atoms with Crippen molar-refractivity contribution in [3.63, 3.8) is 0 Å². The van der Waals surface area contributed by atoms with E-state index in [1.54, 1.807) is 0 Å². The predicted octanol–water partition coefficient (Wildman–Crippen LogP) is 5.43. The number of aryl methyl sites for hydroxylation is 1. The Hall–Kier alpha value is -0.870. The minimum Gasteiger partial charge on any atom is -0.316 e. The molecular weight excluding hydrogens is 407 g/mol. The zero-order chi connectivity index (χ0) is 16.7. The van der Waals surface area contributed by atoms with Gasteiger partial charge in [0.2, 0.25) is 0 Å². The van der Waals surface area contributed by atoms with Gasteiger partial charge in [-0.2, -0.15) is 0 Å². The highest BCUT2D eigenvalue weighted by molar-refractivity contribution is 9.10. The second kappa shape index (κ2) is 6.80. The molecule has 1 aliphatic heterocycles. The van der Waals surface area contributed by atoms with Gasteiger partial charge < -0.3 is 5.32 Å². The van der Waals surface area contributed by atoms with Gasteiger partial charge in [0.25, 0.3) is 0 Å². The molecule has 5 heteroatoms. The summed E-state index contributed by atoms with van der Waals surface area (Å²) in [5.41, 5.74) is 7.46. The minimum absolute atomic E-state index is 0.783. The second-order valence-electron chi connectivity index (χ2n) is 6.28. The number of fused-ring (bicyclic) bond motifs is 2. The summed E-state index contributed by atoms with van der Waals surface area (Å²) in [6.45, 7) is 2.03. The van der Waals surface area contributed by atoms with E-state index in [2.05, 4.69) is 33.4 Å². The smallest absolute Gasteiger partial charge is 0.0755 e. The van der Waals surface area contributed by atoms with Gasteiger partial charge in [-0.15, -0.1) is 0 Å². The number of nitrogens with zero attached hydrogens (tertiary/aromatic N) is 1. The van der Waals surface area contributed by atoms with E-state index in [-0.39, 0.29) is 0 Å². The van der Waals surface area contributed by atoms with Gasteiger partial charge in [0, 0.05) is 16.8 Å². The molecule has 2 heterocycles. The fraction of sp³-hybridized carbons (Fsp3) is 0.316. The van der Waals surface area contributed by atoms with Crippen LogP contribution in [0.1, 0.15) is 35.2 Å². The molecule has 0 unspecified atom stereocenters. The first-order valence-corrected chi connectivity index (χ1v) is 9.75. The van der Waals surface area contributed by atoms with E-state index in [1.807, 2.05) is 12.3 Å². The molecule has 1 saturated heterocycles. The quantitative estimate of drug-likeness (QED) is 0.610. The monoisotopic (exact) mass is 422 g/mol. The van der Waals surface area contributed by atoms with Gasteiger partial charge in [-0.1, -0.05) is 34.8 Å². The Morgan fingerprint density at radius 3 is 2.62 bits per heavy atom. The molecule has 0 saturated carbocycles. The molecule has 1 aromatic heterocycles. The van der Waals surface area contributed by atoms with Crippen LogP contribution in [0.25, 0.3) is 5.57 Å². The predicted molar refractivity (Wildman–Crippen MR) is 104 cm³/mol. The van der Waals surface area contributed by atoms with E-state index in [9.17, 15) is 0 Å². The van der Waals surface area contributed by atoms with Gasteiger partial charge in [0.05, 0.1) is 15.2 Å². The van der Waals surface area contributed by atoms with Gasteiger partial charge in [-0.05, 0) is 83.5 Å². The fourth-order valence-electron chi connectivity index (χ4n) is 3.68. The molecule has 0 atom stereocenters. The highest BCUT2D eigenvalue weighted by Crippen LogP contribution is 2.41. The molecular formula is C19H17BrCl2N2. The van der Waals surface area contributed by atoms with Gasteiger partial charge in [-0.25, -0.2) is 0 Å². The molecule has 124 valence electrons. The van der Waals surface area contributed by atoms with Gasteiger partial charge in [-0.3, -0.25) is 4.98 Å². The number of hydrogen-bond donors (Lipinski definition) is 1. The van der Waals surface area contributed by atoms with E-state index < -0.39 is 0 Å². The zero-order valence-corrected chi connectivity index (χ0v) is 16.2. The van der Waals surface area contributed by atoms with E-state index in [4.69, 9.17) is 28.2 Å². The van der Waals surface area contributed by atoms with Crippen LogP contribution in [0, 0.1) is 0 Å². The van der Waals surface area contributed by atoms with Crippen LogP contribution in [0.3, 0.4) is 0 Å². The third-order valence-corrected chi connectivity index (χ3v) is 6.34. The van der Waals surface area contributed by atoms with Crippen LogP contribution in [0.5, 0.6) is 0 Å². The highest BCUT2D eigenvalue weighted by Gasteiger charge is 2.25. The molecule has 0 bridgehead atoms. The van der Waals surface area contributed by atoms with E-state index in [0.717, 1.165) is 64.5 Å². The molecule has 24 heavy (non-hydrogen) atoms. The Balaban J connectivity index is 2.01. The zero-order valence-electron chi connectivity index (χ0n) is 13.1. The van der Waals surface area contributed by atoms with Crippen LogP contribution in [-0.2, 0) is 12.8 Å². The van der Waals surface area contributed by atoms with Crippen LogP contribution in [0.4, 0.5) is 0 Å². The van der Waals surface area contributed by atoms with Crippen molar-refractivity contribution in [1.82, 2.24) is 10.3 Å². The molecule has 0 radical (unpaired) electrons. The average molecular weight is 424 g/mol. The molecule has 2 aromatic rings. The van der Waals surface area contributed by atoms with Crippen molar-refractivity contribution in [2.75, 3.05) is 13.1 Å². The van der Waals surface area contributed by atoms with Crippen LogP contribution in [-0.4, -0.2) is 18.1 Å². The molecule has 0 amide bonds. The molecule has 1 aromatic carbocycles. The maximum absolute atomic E-state index is 6.61. The van der Waals surface area contributed by atoms with Crippen LogP contribution in [0.15, 0.2) is 34.4 Å². The van der Waals surface area contributed by atoms with Crippen molar-refractivity contribution in [1.29, 1.82) is 0 Å². The molecule has 1 N–H and O–H groups in total. The maximum atomic E-state index is 6.61. The average Bonchev–Trinajstić information content (AvgIpc) is 2.76. The number of benzene rings is 1. The number of hydrogen-bond acceptors (Lipinski definition) is 2. The number of pyridine rings is 1. The summed E-state index contributed by atoms with van der Waals surface area (Å²) in [5, 5.41) is 5.01. The Morgan fingerprint density at radius 1 is 1.04 bits per heavy atom. The number of nitrogens with one attached hydrogen (secondary N) is 1. The summed E-state index contributed by atoms with van der Waals surface area (Å²) < 4.78 is 0.863. The van der Waals surface area contributed by atoms with E-state index >= 15 is 0 Å². The first-order valence-electron chi connectivity index (χ1n) is 8.20. The highest BCUT2D eigenvalue weighted by atomic mass is 79.9. The Morgan fingerprint density at radius 2 is 1.83 bits per heavy atom. The van der Waals surface area contributed by atoms with E-state index in [1.165, 1.54) is 22.3 Å². The van der Waals surface area contributed by atoms with Crippen molar-refractivity contribution in [3.05, 3.63) is 66.9 Å². The summed E-state index contributed by atoms with van der Waals surface area (Å²) in [6, 6.07) is 6.22. The molecule has 0 spiro atoms. The normalized spacial score (nSPS) is 17.3. The molecule has 1 fully saturated rings. The third-order valence-electron chi connectivity index (χ3n) is 4.85. The van der Waals surface area contributed by atoms with E-state index in [0.29, 0.717) is 0 Å². The lowest BCUT2D eigenvalue weighted by Crippen LogP contribution is -2.24. The van der Waals surface area contributed by atoms with Crippen molar-refractivity contribution < 1.29 is 0 Å². The number of halogens is 3. The molecule has 2 nitrogen and oxygen atoms in total. The lowest BCUT2D eigenvalue weighted by molar-refractivity contribution is 0.611. The lowest BCUT2D eigenvalue weighted by atomic mass is 9.89. The first-order chi connectivity index (χ1) is 11.6. The van der Waals surface area contributed by atoms with Crippen molar-refractivity contribution in [2.45, 2.75) is 25.7 Å². The standard InChI is InChI=1S/C19H17BrCl2N2/c20-16-10-24-19-15(18(16)22)3-1-12-9-13(21)2-4-14(12)17(19)11-5-7-23-8-6-11/h2,4,9-10,23H,1,3,5-8H2. The summed E-state index contributed by atoms with van der Waals surface area (Å²) in [5.74, 6) is 0. The van der Waals surface area contributed by atoms with Gasteiger partial charge in [0.1, 0.15) is 0 Å². The van der Waals surface area contributed by atoms with Crippen molar-refractivity contribution in [3.8, 4) is 0 Å². The Bertz CT molecular complexity index is 838. The Kier molecular flexibility index (Phi) is 4.70. The fourth-order valence-corrected chi connectivity index (χ4v) is 4.45. The van der Waals surface area contributed by atoms with Crippen LogP contribution in [0.2, 0.25) is 10.0 Å². The minimum atomic E-state index is 0.783. The van der Waals surface area contributed by atoms with Gasteiger partial charge >= 0.3 is 0 Å². The molecule has 1 aliphatic carbocycles. The first kappa shape index (κ1) is 16.6. The molecule has 2 aliphatic rings. The summed E-state index contributed by atoms with van der Waals surface area (Å²) >= 11 is 16.4. The SMILES string of the molecule is Clc1ccc2c(c1)CCc1c(ncc(Br)c1Cl)C2=C1CCNCC1. The number of rotatable bonds is 0. The number of aromatic nitrogens is 1. The molecule has 4 rings (SSSR count). The van der Waals surface area contributed by atoms with Crippen molar-refractivity contribution >= 4 is 44.7 Å².